The molecule has 5 nitrogen and oxygen atoms in total. The Hall–Kier alpha value is -2.76. The standard InChI is InChI=1S/C19H22FN3O2/c1-3-4-11-21-17(24)13-23(2)19(25)15-9-7-14(8-10-15)18-16(20)6-5-12-22-18/h5-10,12H,3-4,11,13H2,1-2H3,(H,21,24). The van der Waals surface area contributed by atoms with Gasteiger partial charge in [-0.1, -0.05) is 25.5 Å². The van der Waals surface area contributed by atoms with Gasteiger partial charge in [-0.2, -0.15) is 0 Å². The summed E-state index contributed by atoms with van der Waals surface area (Å²) in [6, 6.07) is 9.37. The van der Waals surface area contributed by atoms with E-state index in [1.165, 1.54) is 23.2 Å². The van der Waals surface area contributed by atoms with Gasteiger partial charge in [0.05, 0.1) is 6.54 Å². The van der Waals surface area contributed by atoms with Gasteiger partial charge in [-0.05, 0) is 30.7 Å². The van der Waals surface area contributed by atoms with Crippen molar-refractivity contribution in [3.05, 3.63) is 54.0 Å². The Labute approximate surface area is 146 Å². The van der Waals surface area contributed by atoms with Gasteiger partial charge in [-0.3, -0.25) is 14.6 Å². The lowest BCUT2D eigenvalue weighted by molar-refractivity contribution is -0.121. The SMILES string of the molecule is CCCCNC(=O)CN(C)C(=O)c1ccc(-c2ncccc2F)cc1. The Kier molecular flexibility index (Phi) is 6.62. The molecule has 0 bridgehead atoms. The summed E-state index contributed by atoms with van der Waals surface area (Å²) in [7, 11) is 1.58. The molecule has 0 aliphatic heterocycles. The summed E-state index contributed by atoms with van der Waals surface area (Å²) in [5.74, 6) is -0.863. The van der Waals surface area contributed by atoms with Crippen molar-refractivity contribution in [2.24, 2.45) is 0 Å². The number of aromatic nitrogens is 1. The molecule has 0 aliphatic rings. The van der Waals surface area contributed by atoms with Crippen LogP contribution >= 0.6 is 0 Å². The number of hydrogen-bond acceptors (Lipinski definition) is 3. The second-order valence-corrected chi connectivity index (χ2v) is 5.78. The number of rotatable bonds is 7. The topological polar surface area (TPSA) is 62.3 Å². The van der Waals surface area contributed by atoms with Crippen LogP contribution in [0.2, 0.25) is 0 Å². The van der Waals surface area contributed by atoms with Gasteiger partial charge >= 0.3 is 0 Å². The number of unbranched alkanes of at least 4 members (excludes halogenated alkanes) is 1. The van der Waals surface area contributed by atoms with E-state index in [2.05, 4.69) is 10.3 Å². The maximum atomic E-state index is 13.8. The van der Waals surface area contributed by atoms with Crippen LogP contribution in [0.4, 0.5) is 4.39 Å². The van der Waals surface area contributed by atoms with Gasteiger partial charge in [0.2, 0.25) is 5.91 Å². The van der Waals surface area contributed by atoms with Crippen LogP contribution < -0.4 is 5.32 Å². The van der Waals surface area contributed by atoms with Gasteiger partial charge in [0, 0.05) is 30.9 Å². The molecule has 132 valence electrons. The zero-order valence-electron chi connectivity index (χ0n) is 14.5. The number of likely N-dealkylation sites (N-methyl/N-ethyl adjacent to an activating group) is 1. The lowest BCUT2D eigenvalue weighted by atomic mass is 10.1. The average molecular weight is 343 g/mol. The summed E-state index contributed by atoms with van der Waals surface area (Å²) in [5, 5.41) is 2.77. The zero-order valence-corrected chi connectivity index (χ0v) is 14.5. The van der Waals surface area contributed by atoms with E-state index in [4.69, 9.17) is 0 Å². The minimum absolute atomic E-state index is 0.000825. The van der Waals surface area contributed by atoms with E-state index in [1.807, 2.05) is 6.92 Å². The fourth-order valence-electron chi connectivity index (χ4n) is 2.34. The predicted molar refractivity (Wildman–Crippen MR) is 94.5 cm³/mol. The molecular formula is C19H22FN3O2. The second-order valence-electron chi connectivity index (χ2n) is 5.78. The van der Waals surface area contributed by atoms with Crippen molar-refractivity contribution >= 4 is 11.8 Å². The maximum absolute atomic E-state index is 13.8. The fourth-order valence-corrected chi connectivity index (χ4v) is 2.34. The molecule has 1 aromatic heterocycles. The maximum Gasteiger partial charge on any atom is 0.254 e. The van der Waals surface area contributed by atoms with Crippen molar-refractivity contribution in [2.45, 2.75) is 19.8 Å². The van der Waals surface area contributed by atoms with Crippen molar-refractivity contribution in [3.63, 3.8) is 0 Å². The fraction of sp³-hybridized carbons (Fsp3) is 0.316. The number of halogens is 1. The summed E-state index contributed by atoms with van der Waals surface area (Å²) in [4.78, 5) is 29.5. The lowest BCUT2D eigenvalue weighted by Gasteiger charge is -2.17. The van der Waals surface area contributed by atoms with Gasteiger partial charge in [-0.25, -0.2) is 4.39 Å². The first kappa shape index (κ1) is 18.6. The first-order valence-electron chi connectivity index (χ1n) is 8.26. The van der Waals surface area contributed by atoms with Crippen LogP contribution in [0.5, 0.6) is 0 Å². The van der Waals surface area contributed by atoms with Crippen LogP contribution in [0.15, 0.2) is 42.6 Å². The largest absolute Gasteiger partial charge is 0.355 e. The van der Waals surface area contributed by atoms with E-state index in [0.29, 0.717) is 17.7 Å². The third-order valence-electron chi connectivity index (χ3n) is 3.74. The van der Waals surface area contributed by atoms with Crippen LogP contribution in [0.1, 0.15) is 30.1 Å². The molecule has 1 heterocycles. The molecule has 2 amide bonds. The molecule has 0 saturated heterocycles. The minimum atomic E-state index is -0.414. The van der Waals surface area contributed by atoms with E-state index < -0.39 is 5.82 Å². The Bertz CT molecular complexity index is 732. The number of benzene rings is 1. The summed E-state index contributed by atoms with van der Waals surface area (Å²) in [5.41, 5.74) is 1.27. The van der Waals surface area contributed by atoms with Crippen LogP contribution in [-0.4, -0.2) is 41.8 Å². The van der Waals surface area contributed by atoms with E-state index in [9.17, 15) is 14.0 Å². The number of amides is 2. The van der Waals surface area contributed by atoms with Crippen LogP contribution in [-0.2, 0) is 4.79 Å². The average Bonchev–Trinajstić information content (AvgIpc) is 2.62. The molecule has 0 aliphatic carbocycles. The number of carbonyl (C=O) groups is 2. The normalized spacial score (nSPS) is 10.4. The Balaban J connectivity index is 2.00. The Morgan fingerprint density at radius 3 is 2.56 bits per heavy atom. The molecule has 0 saturated carbocycles. The number of pyridine rings is 1. The van der Waals surface area contributed by atoms with E-state index in [-0.39, 0.29) is 24.1 Å². The van der Waals surface area contributed by atoms with E-state index in [0.717, 1.165) is 12.8 Å². The highest BCUT2D eigenvalue weighted by Crippen LogP contribution is 2.20. The smallest absolute Gasteiger partial charge is 0.254 e. The molecule has 2 rings (SSSR count). The molecule has 2 aromatic rings. The molecule has 0 fully saturated rings. The second kappa shape index (κ2) is 8.92. The highest BCUT2D eigenvalue weighted by atomic mass is 19.1. The van der Waals surface area contributed by atoms with Crippen molar-refractivity contribution in [3.8, 4) is 11.3 Å². The van der Waals surface area contributed by atoms with Crippen LogP contribution in [0, 0.1) is 5.82 Å². The molecule has 25 heavy (non-hydrogen) atoms. The zero-order chi connectivity index (χ0) is 18.2. The summed E-state index contributed by atoms with van der Waals surface area (Å²) in [6.45, 7) is 2.66. The summed E-state index contributed by atoms with van der Waals surface area (Å²) < 4.78 is 13.8. The van der Waals surface area contributed by atoms with Gasteiger partial charge in [0.15, 0.2) is 0 Å². The highest BCUT2D eigenvalue weighted by Gasteiger charge is 2.15. The molecule has 0 spiro atoms. The number of nitrogens with one attached hydrogen (secondary N) is 1. The summed E-state index contributed by atoms with van der Waals surface area (Å²) >= 11 is 0. The number of hydrogen-bond donors (Lipinski definition) is 1. The quantitative estimate of drug-likeness (QED) is 0.786. The van der Waals surface area contributed by atoms with Gasteiger partial charge < -0.3 is 10.2 Å². The molecule has 1 N–H and O–H groups in total. The summed E-state index contributed by atoms with van der Waals surface area (Å²) in [6.07, 6.45) is 3.43. The lowest BCUT2D eigenvalue weighted by Crippen LogP contribution is -2.38. The number of nitrogens with zero attached hydrogens (tertiary/aromatic N) is 2. The number of carbonyl (C=O) groups excluding carboxylic acids is 2. The first-order valence-corrected chi connectivity index (χ1v) is 8.26. The van der Waals surface area contributed by atoms with Crippen molar-refractivity contribution in [2.75, 3.05) is 20.1 Å². The Morgan fingerprint density at radius 2 is 1.92 bits per heavy atom. The molecule has 0 radical (unpaired) electrons. The Morgan fingerprint density at radius 1 is 1.20 bits per heavy atom. The van der Waals surface area contributed by atoms with Crippen LogP contribution in [0.3, 0.4) is 0 Å². The third-order valence-corrected chi connectivity index (χ3v) is 3.74. The van der Waals surface area contributed by atoms with Gasteiger partial charge in [0.25, 0.3) is 5.91 Å². The predicted octanol–water partition coefficient (Wildman–Crippen LogP) is 2.88. The monoisotopic (exact) mass is 343 g/mol. The molecule has 6 heteroatoms. The van der Waals surface area contributed by atoms with Crippen molar-refractivity contribution in [1.29, 1.82) is 0 Å². The molecule has 0 unspecified atom stereocenters. The van der Waals surface area contributed by atoms with Gasteiger partial charge in [-0.15, -0.1) is 0 Å². The van der Waals surface area contributed by atoms with Gasteiger partial charge in [0.1, 0.15) is 11.5 Å². The van der Waals surface area contributed by atoms with E-state index in [1.54, 1.807) is 31.3 Å². The van der Waals surface area contributed by atoms with Crippen molar-refractivity contribution < 1.29 is 14.0 Å². The van der Waals surface area contributed by atoms with E-state index >= 15 is 0 Å². The third kappa shape index (κ3) is 5.11. The molecular weight excluding hydrogens is 321 g/mol. The van der Waals surface area contributed by atoms with Crippen LogP contribution in [0.25, 0.3) is 11.3 Å². The highest BCUT2D eigenvalue weighted by molar-refractivity contribution is 5.96. The molecule has 0 atom stereocenters. The first-order chi connectivity index (χ1) is 12.0. The van der Waals surface area contributed by atoms with Crippen molar-refractivity contribution in [1.82, 2.24) is 15.2 Å². The minimum Gasteiger partial charge on any atom is -0.355 e. The molecule has 1 aromatic carbocycles.